The predicted molar refractivity (Wildman–Crippen MR) is 105 cm³/mol. The van der Waals surface area contributed by atoms with Gasteiger partial charge in [0.1, 0.15) is 5.75 Å². The molecular formula is C22H23N3O2. The van der Waals surface area contributed by atoms with Gasteiger partial charge >= 0.3 is 6.03 Å². The highest BCUT2D eigenvalue weighted by Gasteiger charge is 2.32. The fourth-order valence-electron chi connectivity index (χ4n) is 3.61. The maximum Gasteiger partial charge on any atom is 0.318 e. The lowest BCUT2D eigenvalue weighted by atomic mass is 10.00. The Labute approximate surface area is 159 Å². The minimum atomic E-state index is -0.115. The first-order chi connectivity index (χ1) is 13.3. The lowest BCUT2D eigenvalue weighted by Crippen LogP contribution is -2.47. The van der Waals surface area contributed by atoms with Gasteiger partial charge in [0.15, 0.2) is 0 Å². The highest BCUT2D eigenvalue weighted by Crippen LogP contribution is 2.33. The number of aromatic nitrogens is 1. The summed E-state index contributed by atoms with van der Waals surface area (Å²) >= 11 is 0. The summed E-state index contributed by atoms with van der Waals surface area (Å²) in [6, 6.07) is 21.9. The molecule has 1 aliphatic rings. The van der Waals surface area contributed by atoms with Crippen LogP contribution in [0.3, 0.4) is 0 Å². The topological polar surface area (TPSA) is 46.5 Å². The van der Waals surface area contributed by atoms with Gasteiger partial charge in [-0.05, 0) is 35.4 Å². The normalized spacial score (nSPS) is 15.9. The standard InChI is InChI=1S/C22H23N3O2/c1-27-19-11-9-18(10-12-19)21-20-8-5-13-24(20)14-15-25(21)22(26)23-16-17-6-3-2-4-7-17/h2-13,21H,14-16H2,1H3,(H,23,26). The van der Waals surface area contributed by atoms with Gasteiger partial charge in [0.25, 0.3) is 0 Å². The second-order valence-electron chi connectivity index (χ2n) is 6.64. The molecule has 1 aromatic heterocycles. The van der Waals surface area contributed by atoms with E-state index in [0.29, 0.717) is 13.1 Å². The van der Waals surface area contributed by atoms with Crippen LogP contribution in [-0.2, 0) is 13.1 Å². The van der Waals surface area contributed by atoms with Crippen molar-refractivity contribution >= 4 is 6.03 Å². The molecule has 1 atom stereocenters. The van der Waals surface area contributed by atoms with Crippen molar-refractivity contribution in [3.8, 4) is 5.75 Å². The number of benzene rings is 2. The van der Waals surface area contributed by atoms with Gasteiger partial charge in [-0.2, -0.15) is 0 Å². The molecule has 1 N–H and O–H groups in total. The molecule has 4 rings (SSSR count). The summed E-state index contributed by atoms with van der Waals surface area (Å²) in [5.41, 5.74) is 3.29. The summed E-state index contributed by atoms with van der Waals surface area (Å²) in [6.45, 7) is 1.99. The summed E-state index contributed by atoms with van der Waals surface area (Å²) < 4.78 is 7.49. The number of urea groups is 1. The molecule has 27 heavy (non-hydrogen) atoms. The van der Waals surface area contributed by atoms with Crippen molar-refractivity contribution in [2.45, 2.75) is 19.1 Å². The summed E-state index contributed by atoms with van der Waals surface area (Å²) in [6.07, 6.45) is 2.07. The highest BCUT2D eigenvalue weighted by atomic mass is 16.5. The van der Waals surface area contributed by atoms with Gasteiger partial charge < -0.3 is 19.5 Å². The molecule has 1 unspecified atom stereocenters. The van der Waals surface area contributed by atoms with Gasteiger partial charge in [0, 0.05) is 31.5 Å². The van der Waals surface area contributed by atoms with Crippen molar-refractivity contribution in [3.05, 3.63) is 89.7 Å². The molecule has 0 spiro atoms. The van der Waals surface area contributed by atoms with Gasteiger partial charge in [0.05, 0.1) is 13.2 Å². The monoisotopic (exact) mass is 361 g/mol. The summed E-state index contributed by atoms with van der Waals surface area (Å²) in [7, 11) is 1.66. The molecule has 2 aromatic carbocycles. The molecule has 2 amide bonds. The first-order valence-corrected chi connectivity index (χ1v) is 9.13. The second kappa shape index (κ2) is 7.58. The quantitative estimate of drug-likeness (QED) is 0.768. The van der Waals surface area contributed by atoms with Crippen LogP contribution in [-0.4, -0.2) is 29.2 Å². The van der Waals surface area contributed by atoms with Crippen molar-refractivity contribution in [2.24, 2.45) is 0 Å². The Morgan fingerprint density at radius 2 is 1.81 bits per heavy atom. The van der Waals surface area contributed by atoms with Crippen LogP contribution in [0.5, 0.6) is 5.75 Å². The molecule has 0 saturated heterocycles. The first kappa shape index (κ1) is 17.2. The van der Waals surface area contributed by atoms with Crippen LogP contribution >= 0.6 is 0 Å². The number of carbonyl (C=O) groups is 1. The van der Waals surface area contributed by atoms with E-state index >= 15 is 0 Å². The Morgan fingerprint density at radius 1 is 1.04 bits per heavy atom. The Bertz CT molecular complexity index is 903. The maximum atomic E-state index is 13.0. The Morgan fingerprint density at radius 3 is 2.56 bits per heavy atom. The molecule has 1 aliphatic heterocycles. The molecule has 0 bridgehead atoms. The summed E-state index contributed by atoms with van der Waals surface area (Å²) in [5, 5.41) is 3.07. The molecule has 138 valence electrons. The maximum absolute atomic E-state index is 13.0. The number of carbonyl (C=O) groups excluding carboxylic acids is 1. The number of fused-ring (bicyclic) bond motifs is 1. The van der Waals surface area contributed by atoms with E-state index in [1.54, 1.807) is 7.11 Å². The number of nitrogens with zero attached hydrogens (tertiary/aromatic N) is 2. The van der Waals surface area contributed by atoms with Crippen molar-refractivity contribution < 1.29 is 9.53 Å². The number of amides is 2. The average Bonchev–Trinajstić information content (AvgIpc) is 3.21. The molecule has 0 saturated carbocycles. The number of hydrogen-bond donors (Lipinski definition) is 1. The summed E-state index contributed by atoms with van der Waals surface area (Å²) in [5.74, 6) is 0.810. The fraction of sp³-hybridized carbons (Fsp3) is 0.227. The molecule has 3 aromatic rings. The first-order valence-electron chi connectivity index (χ1n) is 9.13. The molecule has 0 fully saturated rings. The second-order valence-corrected chi connectivity index (χ2v) is 6.64. The van der Waals surface area contributed by atoms with Gasteiger partial charge in [-0.1, -0.05) is 42.5 Å². The van der Waals surface area contributed by atoms with Gasteiger partial charge in [-0.3, -0.25) is 0 Å². The Hall–Kier alpha value is -3.21. The molecule has 0 radical (unpaired) electrons. The number of nitrogens with one attached hydrogen (secondary N) is 1. The van der Waals surface area contributed by atoms with E-state index in [2.05, 4.69) is 22.1 Å². The van der Waals surface area contributed by atoms with Crippen molar-refractivity contribution in [1.29, 1.82) is 0 Å². The minimum Gasteiger partial charge on any atom is -0.497 e. The molecule has 0 aliphatic carbocycles. The Balaban J connectivity index is 1.59. The fourth-order valence-corrected chi connectivity index (χ4v) is 3.61. The smallest absolute Gasteiger partial charge is 0.318 e. The summed E-state index contributed by atoms with van der Waals surface area (Å²) in [4.78, 5) is 14.9. The van der Waals surface area contributed by atoms with E-state index in [9.17, 15) is 4.79 Å². The lowest BCUT2D eigenvalue weighted by molar-refractivity contribution is 0.168. The third-order valence-corrected chi connectivity index (χ3v) is 5.02. The number of methoxy groups -OCH3 is 1. The van der Waals surface area contributed by atoms with Crippen LogP contribution in [0.1, 0.15) is 22.9 Å². The van der Waals surface area contributed by atoms with Crippen LogP contribution < -0.4 is 10.1 Å². The van der Waals surface area contributed by atoms with E-state index in [1.165, 1.54) is 0 Å². The molecule has 5 nitrogen and oxygen atoms in total. The van der Waals surface area contributed by atoms with Crippen LogP contribution in [0.4, 0.5) is 4.79 Å². The predicted octanol–water partition coefficient (Wildman–Crippen LogP) is 3.81. The van der Waals surface area contributed by atoms with Crippen LogP contribution in [0, 0.1) is 0 Å². The lowest BCUT2D eigenvalue weighted by Gasteiger charge is -2.37. The van der Waals surface area contributed by atoms with Crippen LogP contribution in [0.2, 0.25) is 0 Å². The SMILES string of the molecule is COc1ccc(C2c3cccn3CCN2C(=O)NCc2ccccc2)cc1. The van der Waals surface area contributed by atoms with E-state index < -0.39 is 0 Å². The van der Waals surface area contributed by atoms with Crippen molar-refractivity contribution in [1.82, 2.24) is 14.8 Å². The van der Waals surface area contributed by atoms with E-state index in [-0.39, 0.29) is 12.1 Å². The molecular weight excluding hydrogens is 338 g/mol. The van der Waals surface area contributed by atoms with Gasteiger partial charge in [0.2, 0.25) is 0 Å². The largest absolute Gasteiger partial charge is 0.497 e. The van der Waals surface area contributed by atoms with Gasteiger partial charge in [-0.25, -0.2) is 4.79 Å². The molecule has 5 heteroatoms. The zero-order valence-electron chi connectivity index (χ0n) is 15.3. The third kappa shape index (κ3) is 3.53. The number of hydrogen-bond acceptors (Lipinski definition) is 2. The third-order valence-electron chi connectivity index (χ3n) is 5.02. The minimum absolute atomic E-state index is 0.0490. The van der Waals surface area contributed by atoms with E-state index in [0.717, 1.165) is 29.1 Å². The van der Waals surface area contributed by atoms with Crippen LogP contribution in [0.15, 0.2) is 72.9 Å². The average molecular weight is 361 g/mol. The number of rotatable bonds is 4. The van der Waals surface area contributed by atoms with E-state index in [4.69, 9.17) is 4.74 Å². The zero-order valence-corrected chi connectivity index (χ0v) is 15.3. The van der Waals surface area contributed by atoms with Crippen LogP contribution in [0.25, 0.3) is 0 Å². The highest BCUT2D eigenvalue weighted by molar-refractivity contribution is 5.75. The molecule has 2 heterocycles. The van der Waals surface area contributed by atoms with Crippen molar-refractivity contribution in [2.75, 3.05) is 13.7 Å². The number of ether oxygens (including phenoxy) is 1. The van der Waals surface area contributed by atoms with Gasteiger partial charge in [-0.15, -0.1) is 0 Å². The van der Waals surface area contributed by atoms with Crippen molar-refractivity contribution in [3.63, 3.8) is 0 Å². The Kier molecular flexibility index (Phi) is 4.83. The van der Waals surface area contributed by atoms with E-state index in [1.807, 2.05) is 65.6 Å². The zero-order chi connectivity index (χ0) is 18.6.